The Morgan fingerprint density at radius 1 is 1.57 bits per heavy atom. The van der Waals surface area contributed by atoms with E-state index in [9.17, 15) is 4.79 Å². The predicted octanol–water partition coefficient (Wildman–Crippen LogP) is 0.699. The Balaban J connectivity index is 2.23. The molecule has 1 unspecified atom stereocenters. The molecule has 0 aliphatic carbocycles. The predicted molar refractivity (Wildman–Crippen MR) is 58.4 cm³/mol. The summed E-state index contributed by atoms with van der Waals surface area (Å²) in [6.07, 6.45) is 2.03. The van der Waals surface area contributed by atoms with Gasteiger partial charge in [-0.05, 0) is 12.1 Å². The third kappa shape index (κ3) is 1.68. The van der Waals surface area contributed by atoms with E-state index in [1.165, 1.54) is 0 Å². The number of anilines is 2. The Kier molecular flexibility index (Phi) is 2.33. The highest BCUT2D eigenvalue weighted by atomic mass is 32.1. The van der Waals surface area contributed by atoms with E-state index >= 15 is 0 Å². The van der Waals surface area contributed by atoms with E-state index in [4.69, 9.17) is 5.73 Å². The van der Waals surface area contributed by atoms with E-state index in [1.807, 2.05) is 0 Å². The molecule has 2 rings (SSSR count). The van der Waals surface area contributed by atoms with E-state index in [0.29, 0.717) is 24.5 Å². The number of nitrogens with two attached hydrogens (primary N) is 1. The van der Waals surface area contributed by atoms with Crippen molar-refractivity contribution in [3.63, 3.8) is 0 Å². The fraction of sp³-hybridized carbons (Fsp3) is 0.333. The first kappa shape index (κ1) is 9.33. The molecule has 4 nitrogen and oxygen atoms in total. The minimum Gasteiger partial charge on any atom is -0.397 e. The first-order chi connectivity index (χ1) is 6.66. The molecule has 2 heterocycles. The zero-order chi connectivity index (χ0) is 10.1. The number of rotatable bonds is 1. The Labute approximate surface area is 87.5 Å². The molecule has 0 bridgehead atoms. The average molecular weight is 209 g/mol. The summed E-state index contributed by atoms with van der Waals surface area (Å²) in [6.45, 7) is 0.624. The molecule has 2 N–H and O–H groups in total. The average Bonchev–Trinajstić information content (AvgIpc) is 2.47. The molecule has 1 atom stereocenters. The maximum absolute atomic E-state index is 11.5. The minimum absolute atomic E-state index is 0.0715. The third-order valence-corrected chi connectivity index (χ3v) is 2.50. The topological polar surface area (TPSA) is 59.2 Å². The standard InChI is InChI=1S/C9H11N3OS/c10-6-1-2-8(11-4-6)12-5-7(14)3-9(12)13/h1-2,4,7,14H,3,5,10H2. The lowest BCUT2D eigenvalue weighted by atomic mass is 10.4. The van der Waals surface area contributed by atoms with Gasteiger partial charge in [0.05, 0.1) is 11.9 Å². The van der Waals surface area contributed by atoms with Gasteiger partial charge in [0.1, 0.15) is 5.82 Å². The SMILES string of the molecule is Nc1ccc(N2CC(S)CC2=O)nc1. The first-order valence-corrected chi connectivity index (χ1v) is 4.88. The summed E-state index contributed by atoms with van der Waals surface area (Å²) < 4.78 is 0. The molecule has 0 aromatic carbocycles. The second-order valence-corrected chi connectivity index (χ2v) is 4.04. The van der Waals surface area contributed by atoms with Crippen molar-refractivity contribution in [3.05, 3.63) is 18.3 Å². The number of thiol groups is 1. The summed E-state index contributed by atoms with van der Waals surface area (Å²) in [6, 6.07) is 3.49. The van der Waals surface area contributed by atoms with E-state index in [2.05, 4.69) is 17.6 Å². The van der Waals surface area contributed by atoms with Crippen molar-refractivity contribution in [1.29, 1.82) is 0 Å². The third-order valence-electron chi connectivity index (χ3n) is 2.15. The van der Waals surface area contributed by atoms with Crippen LogP contribution in [0.4, 0.5) is 11.5 Å². The summed E-state index contributed by atoms with van der Waals surface area (Å²) >= 11 is 4.27. The molecule has 1 aliphatic heterocycles. The van der Waals surface area contributed by atoms with Crippen molar-refractivity contribution in [1.82, 2.24) is 4.98 Å². The van der Waals surface area contributed by atoms with Crippen molar-refractivity contribution < 1.29 is 4.79 Å². The van der Waals surface area contributed by atoms with Crippen molar-refractivity contribution in [3.8, 4) is 0 Å². The number of aromatic nitrogens is 1. The fourth-order valence-electron chi connectivity index (χ4n) is 1.47. The van der Waals surface area contributed by atoms with Crippen LogP contribution in [0.15, 0.2) is 18.3 Å². The number of amides is 1. The van der Waals surface area contributed by atoms with Gasteiger partial charge in [0, 0.05) is 18.2 Å². The number of carbonyl (C=O) groups excluding carboxylic acids is 1. The van der Waals surface area contributed by atoms with Gasteiger partial charge in [0.25, 0.3) is 0 Å². The molecule has 1 fully saturated rings. The molecule has 0 radical (unpaired) electrons. The molecule has 5 heteroatoms. The van der Waals surface area contributed by atoms with Crippen LogP contribution in [0.3, 0.4) is 0 Å². The Bertz CT molecular complexity index is 352. The lowest BCUT2D eigenvalue weighted by molar-refractivity contribution is -0.117. The zero-order valence-corrected chi connectivity index (χ0v) is 8.45. The number of nitrogen functional groups attached to an aromatic ring is 1. The fourth-order valence-corrected chi connectivity index (χ4v) is 1.79. The van der Waals surface area contributed by atoms with Crippen LogP contribution < -0.4 is 10.6 Å². The second kappa shape index (κ2) is 3.49. The van der Waals surface area contributed by atoms with Gasteiger partial charge in [-0.15, -0.1) is 0 Å². The van der Waals surface area contributed by atoms with Gasteiger partial charge in [-0.2, -0.15) is 12.6 Å². The molecular weight excluding hydrogens is 198 g/mol. The van der Waals surface area contributed by atoms with Gasteiger partial charge in [0.15, 0.2) is 0 Å². The maximum Gasteiger partial charge on any atom is 0.229 e. The summed E-state index contributed by atoms with van der Waals surface area (Å²) in [4.78, 5) is 17.2. The van der Waals surface area contributed by atoms with Crippen molar-refractivity contribution in [2.45, 2.75) is 11.7 Å². The smallest absolute Gasteiger partial charge is 0.229 e. The molecule has 0 spiro atoms. The van der Waals surface area contributed by atoms with Crippen LogP contribution in [0.1, 0.15) is 6.42 Å². The lowest BCUT2D eigenvalue weighted by Gasteiger charge is -2.14. The number of hydrogen-bond acceptors (Lipinski definition) is 4. The first-order valence-electron chi connectivity index (χ1n) is 4.37. The van der Waals surface area contributed by atoms with Crippen LogP contribution >= 0.6 is 12.6 Å². The van der Waals surface area contributed by atoms with Crippen molar-refractivity contribution in [2.75, 3.05) is 17.2 Å². The molecule has 1 aromatic rings. The van der Waals surface area contributed by atoms with Gasteiger partial charge in [-0.1, -0.05) is 0 Å². The number of nitrogens with zero attached hydrogens (tertiary/aromatic N) is 2. The molecular formula is C9H11N3OS. The van der Waals surface area contributed by atoms with Crippen LogP contribution in [0.2, 0.25) is 0 Å². The van der Waals surface area contributed by atoms with Crippen LogP contribution in [0, 0.1) is 0 Å². The van der Waals surface area contributed by atoms with E-state index in [0.717, 1.165) is 0 Å². The number of carbonyl (C=O) groups is 1. The summed E-state index contributed by atoms with van der Waals surface area (Å²) in [5.41, 5.74) is 6.11. The molecule has 14 heavy (non-hydrogen) atoms. The highest BCUT2D eigenvalue weighted by Crippen LogP contribution is 2.22. The van der Waals surface area contributed by atoms with E-state index in [-0.39, 0.29) is 11.2 Å². The zero-order valence-electron chi connectivity index (χ0n) is 7.55. The quantitative estimate of drug-likeness (QED) is 0.669. The highest BCUT2D eigenvalue weighted by Gasteiger charge is 2.28. The molecule has 1 amide bonds. The lowest BCUT2D eigenvalue weighted by Crippen LogP contribution is -2.25. The summed E-state index contributed by atoms with van der Waals surface area (Å²) in [5.74, 6) is 0.725. The second-order valence-electron chi connectivity index (χ2n) is 3.31. The monoisotopic (exact) mass is 209 g/mol. The molecule has 0 saturated carbocycles. The Hall–Kier alpha value is -1.23. The largest absolute Gasteiger partial charge is 0.397 e. The van der Waals surface area contributed by atoms with E-state index < -0.39 is 0 Å². The minimum atomic E-state index is 0.0715. The van der Waals surface area contributed by atoms with Crippen LogP contribution in [0.5, 0.6) is 0 Å². The number of pyridine rings is 1. The van der Waals surface area contributed by atoms with Crippen LogP contribution in [0.25, 0.3) is 0 Å². The van der Waals surface area contributed by atoms with Gasteiger partial charge < -0.3 is 5.73 Å². The maximum atomic E-state index is 11.5. The molecule has 1 aliphatic rings. The van der Waals surface area contributed by atoms with Crippen LogP contribution in [-0.2, 0) is 4.79 Å². The van der Waals surface area contributed by atoms with Crippen molar-refractivity contribution >= 4 is 30.0 Å². The van der Waals surface area contributed by atoms with Gasteiger partial charge >= 0.3 is 0 Å². The van der Waals surface area contributed by atoms with E-state index in [1.54, 1.807) is 23.2 Å². The summed E-state index contributed by atoms with van der Waals surface area (Å²) in [7, 11) is 0. The Morgan fingerprint density at radius 3 is 2.86 bits per heavy atom. The summed E-state index contributed by atoms with van der Waals surface area (Å²) in [5, 5.41) is 0.113. The van der Waals surface area contributed by atoms with Gasteiger partial charge in [0.2, 0.25) is 5.91 Å². The number of hydrogen-bond donors (Lipinski definition) is 2. The molecule has 1 saturated heterocycles. The van der Waals surface area contributed by atoms with Gasteiger partial charge in [-0.3, -0.25) is 9.69 Å². The normalized spacial score (nSPS) is 21.6. The molecule has 1 aromatic heterocycles. The Morgan fingerprint density at radius 2 is 2.36 bits per heavy atom. The van der Waals surface area contributed by atoms with Crippen LogP contribution in [-0.4, -0.2) is 22.7 Å². The highest BCUT2D eigenvalue weighted by molar-refractivity contribution is 7.81. The molecule has 74 valence electrons. The van der Waals surface area contributed by atoms with Gasteiger partial charge in [-0.25, -0.2) is 4.98 Å². The van der Waals surface area contributed by atoms with Crippen molar-refractivity contribution in [2.24, 2.45) is 0 Å².